The van der Waals surface area contributed by atoms with Crippen LogP contribution in [0.4, 0.5) is 0 Å². The summed E-state index contributed by atoms with van der Waals surface area (Å²) in [6.07, 6.45) is 7.66. The summed E-state index contributed by atoms with van der Waals surface area (Å²) in [6, 6.07) is 12.5. The minimum atomic E-state index is -0.855. The molecule has 1 saturated carbocycles. The van der Waals surface area contributed by atoms with Gasteiger partial charge in [-0.1, -0.05) is 58.1 Å². The molecule has 0 bridgehead atoms. The van der Waals surface area contributed by atoms with Gasteiger partial charge in [-0.2, -0.15) is 0 Å². The number of amides is 2. The molecule has 1 aliphatic carbocycles. The van der Waals surface area contributed by atoms with Crippen molar-refractivity contribution in [2.75, 3.05) is 26.7 Å². The second-order valence-electron chi connectivity index (χ2n) is 11.4. The molecule has 3 N–H and O–H groups in total. The average molecular weight is 552 g/mol. The van der Waals surface area contributed by atoms with Crippen LogP contribution >= 0.6 is 0 Å². The lowest BCUT2D eigenvalue weighted by Crippen LogP contribution is -2.46. The highest BCUT2D eigenvalue weighted by Crippen LogP contribution is 2.28. The zero-order valence-corrected chi connectivity index (χ0v) is 24.9. The van der Waals surface area contributed by atoms with Crippen molar-refractivity contribution < 1.29 is 19.4 Å². The van der Waals surface area contributed by atoms with Crippen molar-refractivity contribution in [1.29, 1.82) is 0 Å². The molecular weight excluding hydrogens is 502 g/mol. The standard InChI is InChI=1S/C33H49N3O4/c1-5-15-35(16-6-2)32(38)27-17-24(3)18-28(21-27)33(39)36(22-26-13-10-14-29(19-26)40-4)23-31(37)30(34)20-25-11-8-7-9-12-25/h10,13-14,17-19,21,25,30-31,37H,5-9,11-12,15-16,20,22-23,34H2,1-4H3/t30-,31+/m0/s1. The van der Waals surface area contributed by atoms with Crippen molar-refractivity contribution in [2.24, 2.45) is 11.7 Å². The summed E-state index contributed by atoms with van der Waals surface area (Å²) in [5, 5.41) is 11.2. The molecule has 0 aliphatic heterocycles. The van der Waals surface area contributed by atoms with Crippen LogP contribution in [0.5, 0.6) is 5.75 Å². The molecule has 2 aromatic carbocycles. The molecular formula is C33H49N3O4. The third-order valence-corrected chi connectivity index (χ3v) is 7.87. The smallest absolute Gasteiger partial charge is 0.254 e. The molecule has 1 aliphatic rings. The predicted molar refractivity (Wildman–Crippen MR) is 161 cm³/mol. The van der Waals surface area contributed by atoms with Gasteiger partial charge in [0.05, 0.1) is 13.2 Å². The Morgan fingerprint density at radius 1 is 0.975 bits per heavy atom. The molecule has 0 radical (unpaired) electrons. The van der Waals surface area contributed by atoms with E-state index in [9.17, 15) is 14.7 Å². The topological polar surface area (TPSA) is 96.1 Å². The Kier molecular flexibility index (Phi) is 12.5. The monoisotopic (exact) mass is 551 g/mol. The number of ether oxygens (including phenoxy) is 1. The third kappa shape index (κ3) is 9.07. The van der Waals surface area contributed by atoms with Gasteiger partial charge >= 0.3 is 0 Å². The number of rotatable bonds is 14. The first kappa shape index (κ1) is 31.6. The summed E-state index contributed by atoms with van der Waals surface area (Å²) in [4.78, 5) is 30.9. The Morgan fingerprint density at radius 3 is 2.20 bits per heavy atom. The number of aryl methyl sites for hydroxylation is 1. The first-order chi connectivity index (χ1) is 19.2. The molecule has 2 atom stereocenters. The van der Waals surface area contributed by atoms with Gasteiger partial charge in [0.25, 0.3) is 11.8 Å². The molecule has 2 aromatic rings. The third-order valence-electron chi connectivity index (χ3n) is 7.87. The number of hydrogen-bond donors (Lipinski definition) is 2. The van der Waals surface area contributed by atoms with Crippen LogP contribution in [0.1, 0.15) is 97.1 Å². The van der Waals surface area contributed by atoms with Gasteiger partial charge in [-0.15, -0.1) is 0 Å². The average Bonchev–Trinajstić information content (AvgIpc) is 2.96. The molecule has 0 unspecified atom stereocenters. The van der Waals surface area contributed by atoms with Crippen molar-refractivity contribution in [3.63, 3.8) is 0 Å². The molecule has 1 fully saturated rings. The van der Waals surface area contributed by atoms with Crippen LogP contribution in [0, 0.1) is 12.8 Å². The van der Waals surface area contributed by atoms with Crippen LogP contribution in [0.2, 0.25) is 0 Å². The van der Waals surface area contributed by atoms with Gasteiger partial charge in [-0.25, -0.2) is 0 Å². The molecule has 0 saturated heterocycles. The van der Waals surface area contributed by atoms with Crippen LogP contribution < -0.4 is 10.5 Å². The van der Waals surface area contributed by atoms with Gasteiger partial charge in [0.2, 0.25) is 0 Å². The van der Waals surface area contributed by atoms with E-state index in [1.54, 1.807) is 18.1 Å². The highest BCUT2D eigenvalue weighted by molar-refractivity contribution is 6.00. The van der Waals surface area contributed by atoms with Crippen LogP contribution in [-0.4, -0.2) is 65.6 Å². The van der Waals surface area contributed by atoms with Crippen molar-refractivity contribution in [3.05, 3.63) is 64.7 Å². The molecule has 0 aromatic heterocycles. The number of hydrogen-bond acceptors (Lipinski definition) is 5. The van der Waals surface area contributed by atoms with E-state index in [-0.39, 0.29) is 24.9 Å². The van der Waals surface area contributed by atoms with E-state index < -0.39 is 12.1 Å². The minimum absolute atomic E-state index is 0.0599. The Morgan fingerprint density at radius 2 is 1.60 bits per heavy atom. The van der Waals surface area contributed by atoms with Crippen molar-refractivity contribution in [3.8, 4) is 5.75 Å². The van der Waals surface area contributed by atoms with Crippen molar-refractivity contribution >= 4 is 11.8 Å². The normalized spacial score (nSPS) is 15.3. The molecule has 40 heavy (non-hydrogen) atoms. The number of nitrogens with two attached hydrogens (primary N) is 1. The van der Waals surface area contributed by atoms with E-state index in [0.717, 1.165) is 43.2 Å². The molecule has 7 nitrogen and oxygen atoms in total. The lowest BCUT2D eigenvalue weighted by molar-refractivity contribution is 0.0524. The Balaban J connectivity index is 1.87. The first-order valence-electron chi connectivity index (χ1n) is 15.0. The Labute approximate surface area is 240 Å². The van der Waals surface area contributed by atoms with Gasteiger partial charge < -0.3 is 25.4 Å². The maximum atomic E-state index is 14.0. The fourth-order valence-electron chi connectivity index (χ4n) is 5.79. The summed E-state index contributed by atoms with van der Waals surface area (Å²) < 4.78 is 5.39. The summed E-state index contributed by atoms with van der Waals surface area (Å²) in [5.74, 6) is 0.938. The van der Waals surface area contributed by atoms with E-state index in [1.807, 2.05) is 48.2 Å². The van der Waals surface area contributed by atoms with Crippen molar-refractivity contribution in [1.82, 2.24) is 9.80 Å². The maximum absolute atomic E-state index is 14.0. The molecule has 220 valence electrons. The number of nitrogens with zero attached hydrogens (tertiary/aromatic N) is 2. The van der Waals surface area contributed by atoms with Crippen LogP contribution in [-0.2, 0) is 6.54 Å². The van der Waals surface area contributed by atoms with E-state index in [2.05, 4.69) is 13.8 Å². The molecule has 0 heterocycles. The second-order valence-corrected chi connectivity index (χ2v) is 11.4. The predicted octanol–water partition coefficient (Wildman–Crippen LogP) is 5.57. The fourth-order valence-corrected chi connectivity index (χ4v) is 5.79. The zero-order valence-electron chi connectivity index (χ0n) is 24.9. The second kappa shape index (κ2) is 15.8. The summed E-state index contributed by atoms with van der Waals surface area (Å²) in [5.41, 5.74) is 9.18. The van der Waals surface area contributed by atoms with Crippen LogP contribution in [0.15, 0.2) is 42.5 Å². The lowest BCUT2D eigenvalue weighted by Gasteiger charge is -2.31. The summed E-state index contributed by atoms with van der Waals surface area (Å²) >= 11 is 0. The van der Waals surface area contributed by atoms with Gasteiger partial charge in [0, 0.05) is 43.3 Å². The quantitative estimate of drug-likeness (QED) is 0.320. The van der Waals surface area contributed by atoms with Crippen LogP contribution in [0.3, 0.4) is 0 Å². The molecule has 7 heteroatoms. The van der Waals surface area contributed by atoms with E-state index in [4.69, 9.17) is 10.5 Å². The van der Waals surface area contributed by atoms with Gasteiger partial charge in [-0.05, 0) is 73.6 Å². The molecule has 2 amide bonds. The van der Waals surface area contributed by atoms with E-state index >= 15 is 0 Å². The van der Waals surface area contributed by atoms with E-state index in [0.29, 0.717) is 35.9 Å². The molecule has 3 rings (SSSR count). The number of benzene rings is 2. The van der Waals surface area contributed by atoms with E-state index in [1.165, 1.54) is 19.3 Å². The number of methoxy groups -OCH3 is 1. The fraction of sp³-hybridized carbons (Fsp3) is 0.576. The van der Waals surface area contributed by atoms with Crippen LogP contribution in [0.25, 0.3) is 0 Å². The number of aliphatic hydroxyl groups is 1. The first-order valence-corrected chi connectivity index (χ1v) is 15.0. The summed E-state index contributed by atoms with van der Waals surface area (Å²) in [6.45, 7) is 7.77. The highest BCUT2D eigenvalue weighted by Gasteiger charge is 2.27. The van der Waals surface area contributed by atoms with Crippen molar-refractivity contribution in [2.45, 2.75) is 90.8 Å². The van der Waals surface area contributed by atoms with Gasteiger partial charge in [0.1, 0.15) is 5.75 Å². The maximum Gasteiger partial charge on any atom is 0.254 e. The lowest BCUT2D eigenvalue weighted by atomic mass is 9.84. The highest BCUT2D eigenvalue weighted by atomic mass is 16.5. The number of carbonyl (C=O) groups excluding carboxylic acids is 2. The number of aliphatic hydroxyl groups excluding tert-OH is 1. The van der Waals surface area contributed by atoms with Gasteiger partial charge in [-0.3, -0.25) is 9.59 Å². The van der Waals surface area contributed by atoms with Gasteiger partial charge in [0.15, 0.2) is 0 Å². The Bertz CT molecular complexity index is 1090. The SMILES string of the molecule is CCCN(CCC)C(=O)c1cc(C)cc(C(=O)N(Cc2cccc(OC)c2)C[C@@H](O)[C@@H](N)CC2CCCCC2)c1. The largest absolute Gasteiger partial charge is 0.497 e. The molecule has 0 spiro atoms. The zero-order chi connectivity index (χ0) is 29.1. The minimum Gasteiger partial charge on any atom is -0.497 e. The number of carbonyl (C=O) groups is 2. The Hall–Kier alpha value is -2.90. The summed E-state index contributed by atoms with van der Waals surface area (Å²) in [7, 11) is 1.61.